The van der Waals surface area contributed by atoms with E-state index in [1.165, 1.54) is 6.92 Å². The Hall–Kier alpha value is -2.41. The van der Waals surface area contributed by atoms with Crippen molar-refractivity contribution in [3.63, 3.8) is 0 Å². The van der Waals surface area contributed by atoms with Gasteiger partial charge in [-0.1, -0.05) is 18.2 Å². The summed E-state index contributed by atoms with van der Waals surface area (Å²) in [5, 5.41) is 13.5. The van der Waals surface area contributed by atoms with Crippen molar-refractivity contribution in [2.75, 3.05) is 5.32 Å². The van der Waals surface area contributed by atoms with E-state index in [2.05, 4.69) is 10.6 Å². The zero-order chi connectivity index (χ0) is 15.1. The van der Waals surface area contributed by atoms with Crippen LogP contribution in [0, 0.1) is 0 Å². The summed E-state index contributed by atoms with van der Waals surface area (Å²) < 4.78 is 0. The van der Waals surface area contributed by atoms with Gasteiger partial charge >= 0.3 is 5.97 Å². The van der Waals surface area contributed by atoms with E-state index in [4.69, 9.17) is 10.8 Å². The maximum Gasteiger partial charge on any atom is 0.305 e. The van der Waals surface area contributed by atoms with Crippen LogP contribution < -0.4 is 16.4 Å². The van der Waals surface area contributed by atoms with Crippen LogP contribution in [0.4, 0.5) is 5.69 Å². The van der Waals surface area contributed by atoms with Crippen molar-refractivity contribution in [1.82, 2.24) is 5.32 Å². The summed E-state index contributed by atoms with van der Waals surface area (Å²) >= 11 is 0. The Morgan fingerprint density at radius 3 is 2.35 bits per heavy atom. The van der Waals surface area contributed by atoms with Crippen molar-refractivity contribution < 1.29 is 19.5 Å². The SMILES string of the molecule is C[C@@H](NC(=O)[C@@H](N)CC(=O)O)C(=O)Nc1ccccc1. The van der Waals surface area contributed by atoms with Gasteiger partial charge in [-0.15, -0.1) is 0 Å². The van der Waals surface area contributed by atoms with Crippen molar-refractivity contribution in [2.45, 2.75) is 25.4 Å². The molecule has 7 heteroatoms. The quantitative estimate of drug-likeness (QED) is 0.581. The van der Waals surface area contributed by atoms with E-state index in [1.54, 1.807) is 24.3 Å². The molecule has 2 atom stereocenters. The molecule has 2 amide bonds. The molecule has 0 saturated heterocycles. The van der Waals surface area contributed by atoms with Gasteiger partial charge in [0.1, 0.15) is 6.04 Å². The lowest BCUT2D eigenvalue weighted by atomic mass is 10.2. The van der Waals surface area contributed by atoms with Gasteiger partial charge in [0.15, 0.2) is 0 Å². The van der Waals surface area contributed by atoms with Crippen LogP contribution in [-0.4, -0.2) is 35.0 Å². The first-order chi connectivity index (χ1) is 9.40. The van der Waals surface area contributed by atoms with Gasteiger partial charge < -0.3 is 21.5 Å². The maximum absolute atomic E-state index is 11.8. The van der Waals surface area contributed by atoms with Gasteiger partial charge in [-0.3, -0.25) is 14.4 Å². The average molecular weight is 279 g/mol. The van der Waals surface area contributed by atoms with Crippen LogP contribution in [0.15, 0.2) is 30.3 Å². The summed E-state index contributed by atoms with van der Waals surface area (Å²) in [5.74, 6) is -2.26. The molecule has 0 spiro atoms. The minimum Gasteiger partial charge on any atom is -0.481 e. The van der Waals surface area contributed by atoms with Crippen LogP contribution in [0.25, 0.3) is 0 Å². The number of hydrogen-bond donors (Lipinski definition) is 4. The standard InChI is InChI=1S/C13H17N3O4/c1-8(15-13(20)10(14)7-11(17)18)12(19)16-9-5-3-2-4-6-9/h2-6,8,10H,7,14H2,1H3,(H,15,20)(H,16,19)(H,17,18)/t8-,10+/m1/s1. The summed E-state index contributed by atoms with van der Waals surface area (Å²) in [6.07, 6.45) is -0.487. The molecule has 108 valence electrons. The molecule has 0 bridgehead atoms. The number of rotatable bonds is 6. The van der Waals surface area contributed by atoms with Gasteiger partial charge in [0, 0.05) is 5.69 Å². The topological polar surface area (TPSA) is 122 Å². The van der Waals surface area contributed by atoms with Crippen LogP contribution in [0.5, 0.6) is 0 Å². The first kappa shape index (κ1) is 15.6. The molecule has 0 aliphatic rings. The molecule has 0 saturated carbocycles. The van der Waals surface area contributed by atoms with Gasteiger partial charge in [-0.2, -0.15) is 0 Å². The number of carbonyl (C=O) groups excluding carboxylic acids is 2. The highest BCUT2D eigenvalue weighted by molar-refractivity contribution is 5.97. The largest absolute Gasteiger partial charge is 0.481 e. The molecule has 1 aromatic carbocycles. The molecule has 1 aromatic rings. The lowest BCUT2D eigenvalue weighted by Gasteiger charge is -2.16. The number of nitrogens with two attached hydrogens (primary N) is 1. The molecule has 0 aliphatic heterocycles. The Balaban J connectivity index is 2.49. The Morgan fingerprint density at radius 2 is 1.80 bits per heavy atom. The van der Waals surface area contributed by atoms with Crippen molar-refractivity contribution in [1.29, 1.82) is 0 Å². The van der Waals surface area contributed by atoms with E-state index in [1.807, 2.05) is 6.07 Å². The summed E-state index contributed by atoms with van der Waals surface area (Å²) in [6, 6.07) is 6.77. The molecule has 5 N–H and O–H groups in total. The number of anilines is 1. The highest BCUT2D eigenvalue weighted by atomic mass is 16.4. The van der Waals surface area contributed by atoms with Gasteiger partial charge in [0.05, 0.1) is 12.5 Å². The molecule has 1 rings (SSSR count). The van der Waals surface area contributed by atoms with Crippen molar-refractivity contribution in [3.05, 3.63) is 30.3 Å². The fourth-order valence-electron chi connectivity index (χ4n) is 1.44. The average Bonchev–Trinajstić information content (AvgIpc) is 2.38. The third kappa shape index (κ3) is 5.07. The molecule has 0 heterocycles. The van der Waals surface area contributed by atoms with Gasteiger partial charge in [0.25, 0.3) is 0 Å². The molecular formula is C13H17N3O4. The number of nitrogens with one attached hydrogen (secondary N) is 2. The number of carboxylic acid groups (broad SMARTS) is 1. The number of amides is 2. The van der Waals surface area contributed by atoms with Crippen LogP contribution in [-0.2, 0) is 14.4 Å². The lowest BCUT2D eigenvalue weighted by molar-refractivity contribution is -0.139. The zero-order valence-corrected chi connectivity index (χ0v) is 11.0. The Morgan fingerprint density at radius 1 is 1.20 bits per heavy atom. The van der Waals surface area contributed by atoms with Crippen LogP contribution in [0.3, 0.4) is 0 Å². The number of carboxylic acids is 1. The second kappa shape index (κ2) is 7.25. The predicted octanol–water partition coefficient (Wildman–Crippen LogP) is -0.0682. The Kier molecular flexibility index (Phi) is 5.67. The molecule has 0 radical (unpaired) electrons. The molecule has 0 aromatic heterocycles. The monoisotopic (exact) mass is 279 g/mol. The number of aliphatic carboxylic acids is 1. The lowest BCUT2D eigenvalue weighted by Crippen LogP contribution is -2.49. The second-order valence-corrected chi connectivity index (χ2v) is 4.29. The van der Waals surface area contributed by atoms with E-state index < -0.39 is 36.3 Å². The fourth-order valence-corrected chi connectivity index (χ4v) is 1.44. The molecule has 20 heavy (non-hydrogen) atoms. The highest BCUT2D eigenvalue weighted by Crippen LogP contribution is 2.05. The number of para-hydroxylation sites is 1. The summed E-state index contributed by atoms with van der Waals surface area (Å²) in [7, 11) is 0. The molecule has 0 fully saturated rings. The third-order valence-corrected chi connectivity index (χ3v) is 2.52. The van der Waals surface area contributed by atoms with Gasteiger partial charge in [-0.25, -0.2) is 0 Å². The summed E-state index contributed by atoms with van der Waals surface area (Å²) in [6.45, 7) is 1.49. The summed E-state index contributed by atoms with van der Waals surface area (Å²) in [4.78, 5) is 33.8. The maximum atomic E-state index is 11.8. The predicted molar refractivity (Wildman–Crippen MR) is 72.9 cm³/mol. The van der Waals surface area contributed by atoms with E-state index >= 15 is 0 Å². The van der Waals surface area contributed by atoms with Crippen LogP contribution >= 0.6 is 0 Å². The van der Waals surface area contributed by atoms with Crippen molar-refractivity contribution in [2.24, 2.45) is 5.73 Å². The van der Waals surface area contributed by atoms with Crippen LogP contribution in [0.2, 0.25) is 0 Å². The highest BCUT2D eigenvalue weighted by Gasteiger charge is 2.21. The van der Waals surface area contributed by atoms with Crippen molar-refractivity contribution in [3.8, 4) is 0 Å². The number of hydrogen-bond acceptors (Lipinski definition) is 4. The fraction of sp³-hybridized carbons (Fsp3) is 0.308. The first-order valence-electron chi connectivity index (χ1n) is 6.04. The number of benzene rings is 1. The van der Waals surface area contributed by atoms with E-state index in [-0.39, 0.29) is 0 Å². The molecular weight excluding hydrogens is 262 g/mol. The first-order valence-corrected chi connectivity index (χ1v) is 6.04. The van der Waals surface area contributed by atoms with E-state index in [0.29, 0.717) is 5.69 Å². The third-order valence-electron chi connectivity index (χ3n) is 2.52. The Bertz CT molecular complexity index is 490. The smallest absolute Gasteiger partial charge is 0.305 e. The second-order valence-electron chi connectivity index (χ2n) is 4.29. The van der Waals surface area contributed by atoms with E-state index in [0.717, 1.165) is 0 Å². The zero-order valence-electron chi connectivity index (χ0n) is 11.0. The van der Waals surface area contributed by atoms with Crippen LogP contribution in [0.1, 0.15) is 13.3 Å². The van der Waals surface area contributed by atoms with Gasteiger partial charge in [-0.05, 0) is 19.1 Å². The molecule has 7 nitrogen and oxygen atoms in total. The number of carbonyl (C=O) groups is 3. The molecule has 0 aliphatic carbocycles. The minimum atomic E-state index is -1.18. The minimum absolute atomic E-state index is 0.410. The molecule has 0 unspecified atom stereocenters. The Labute approximate surface area is 116 Å². The normalized spacial score (nSPS) is 13.1. The van der Waals surface area contributed by atoms with E-state index in [9.17, 15) is 14.4 Å². The van der Waals surface area contributed by atoms with Gasteiger partial charge in [0.2, 0.25) is 11.8 Å². The van der Waals surface area contributed by atoms with Crippen molar-refractivity contribution >= 4 is 23.5 Å². The summed E-state index contributed by atoms with van der Waals surface area (Å²) in [5.41, 5.74) is 6.00.